The molecule has 0 bridgehead atoms. The second-order valence-electron chi connectivity index (χ2n) is 11.0. The zero-order chi connectivity index (χ0) is 27.8. The van der Waals surface area contributed by atoms with Crippen molar-refractivity contribution in [1.29, 1.82) is 0 Å². The molecule has 2 nitrogen and oxygen atoms in total. The van der Waals surface area contributed by atoms with Crippen molar-refractivity contribution in [3.63, 3.8) is 0 Å². The fraction of sp³-hybridized carbons (Fsp3) is 0.257. The van der Waals surface area contributed by atoms with Gasteiger partial charge in [0, 0.05) is 40.3 Å². The topological polar surface area (TPSA) is 34.1 Å². The summed E-state index contributed by atoms with van der Waals surface area (Å²) in [5.74, 6) is 1.22. The maximum atomic E-state index is 12.8. The van der Waals surface area contributed by atoms with Crippen molar-refractivity contribution < 1.29 is 0 Å². The van der Waals surface area contributed by atoms with Crippen molar-refractivity contribution in [2.24, 2.45) is 0 Å². The average molecular weight is 551 g/mol. The molecule has 0 atom stereocenters. The Morgan fingerprint density at radius 1 is 0.513 bits per heavy atom. The molecular formula is C35H34O2S2. The SMILES string of the molecule is CC(C)c1cc(C(C)C)c2sc3ccccc3c(=O)c2c1.CC(C)c1cccc2sc3ccccc3c(=O)c12. The van der Waals surface area contributed by atoms with E-state index in [1.807, 2.05) is 60.7 Å². The smallest absolute Gasteiger partial charge is 0.196 e. The Labute approximate surface area is 237 Å². The van der Waals surface area contributed by atoms with E-state index in [1.54, 1.807) is 22.7 Å². The second-order valence-corrected chi connectivity index (χ2v) is 13.2. The first kappa shape index (κ1) is 27.2. The molecule has 0 aliphatic rings. The van der Waals surface area contributed by atoms with Gasteiger partial charge in [0.2, 0.25) is 0 Å². The van der Waals surface area contributed by atoms with Gasteiger partial charge in [-0.05, 0) is 70.8 Å². The molecule has 0 amide bonds. The molecule has 6 rings (SSSR count). The molecule has 2 aromatic heterocycles. The molecule has 0 saturated carbocycles. The van der Waals surface area contributed by atoms with Gasteiger partial charge < -0.3 is 0 Å². The van der Waals surface area contributed by atoms with Gasteiger partial charge in [-0.25, -0.2) is 0 Å². The minimum absolute atomic E-state index is 0.170. The molecular weight excluding hydrogens is 517 g/mol. The second kappa shape index (κ2) is 11.0. The summed E-state index contributed by atoms with van der Waals surface area (Å²) in [4.78, 5) is 25.5. The molecule has 4 aromatic carbocycles. The molecule has 6 aromatic rings. The van der Waals surface area contributed by atoms with E-state index in [0.29, 0.717) is 17.8 Å². The van der Waals surface area contributed by atoms with Crippen LogP contribution < -0.4 is 10.9 Å². The highest BCUT2D eigenvalue weighted by molar-refractivity contribution is 7.25. The van der Waals surface area contributed by atoms with Crippen LogP contribution in [0.3, 0.4) is 0 Å². The summed E-state index contributed by atoms with van der Waals surface area (Å²) in [7, 11) is 0. The lowest BCUT2D eigenvalue weighted by molar-refractivity contribution is 0.842. The van der Waals surface area contributed by atoms with Gasteiger partial charge in [0.15, 0.2) is 10.9 Å². The van der Waals surface area contributed by atoms with Crippen molar-refractivity contribution in [3.05, 3.63) is 116 Å². The molecule has 0 aliphatic carbocycles. The Kier molecular flexibility index (Phi) is 7.70. The van der Waals surface area contributed by atoms with Crippen molar-refractivity contribution in [1.82, 2.24) is 0 Å². The maximum Gasteiger partial charge on any atom is 0.196 e. The number of fused-ring (bicyclic) bond motifs is 4. The van der Waals surface area contributed by atoms with E-state index in [-0.39, 0.29) is 10.9 Å². The Morgan fingerprint density at radius 3 is 1.69 bits per heavy atom. The summed E-state index contributed by atoms with van der Waals surface area (Å²) in [5.41, 5.74) is 4.04. The minimum Gasteiger partial charge on any atom is -0.289 e. The third kappa shape index (κ3) is 5.16. The van der Waals surface area contributed by atoms with Crippen molar-refractivity contribution >= 4 is 63.0 Å². The largest absolute Gasteiger partial charge is 0.289 e. The fourth-order valence-electron chi connectivity index (χ4n) is 5.07. The Morgan fingerprint density at radius 2 is 1.08 bits per heavy atom. The highest BCUT2D eigenvalue weighted by Crippen LogP contribution is 2.34. The highest BCUT2D eigenvalue weighted by atomic mass is 32.1. The van der Waals surface area contributed by atoms with E-state index in [2.05, 4.69) is 59.7 Å². The Balaban J connectivity index is 0.000000160. The van der Waals surface area contributed by atoms with Crippen LogP contribution in [-0.2, 0) is 0 Å². The summed E-state index contributed by atoms with van der Waals surface area (Å²) in [6.07, 6.45) is 0. The third-order valence-electron chi connectivity index (χ3n) is 7.28. The van der Waals surface area contributed by atoms with Gasteiger partial charge in [-0.3, -0.25) is 9.59 Å². The first-order valence-corrected chi connectivity index (χ1v) is 15.2. The van der Waals surface area contributed by atoms with Crippen LogP contribution in [0.2, 0.25) is 0 Å². The van der Waals surface area contributed by atoms with Crippen LogP contribution in [0.5, 0.6) is 0 Å². The summed E-state index contributed by atoms with van der Waals surface area (Å²) >= 11 is 3.44. The minimum atomic E-state index is 0.170. The molecule has 0 N–H and O–H groups in total. The predicted octanol–water partition coefficient (Wildman–Crippen LogP) is 10.2. The summed E-state index contributed by atoms with van der Waals surface area (Å²) in [6.45, 7) is 13.0. The molecule has 0 aliphatic heterocycles. The highest BCUT2D eigenvalue weighted by Gasteiger charge is 2.15. The standard InChI is InChI=1S/C19H20OS.C16H14OS/c1-11(2)13-9-15(12(3)4)19-16(10-13)18(20)14-7-5-6-8-17(14)21-19;1-10(2)11-7-5-9-14-15(11)16(17)12-6-3-4-8-13(12)18-14/h5-12H,1-4H3;3-10H,1-2H3. The maximum absolute atomic E-state index is 12.8. The van der Waals surface area contributed by atoms with E-state index in [1.165, 1.54) is 11.1 Å². The fourth-order valence-corrected chi connectivity index (χ4v) is 7.50. The van der Waals surface area contributed by atoms with Crippen LogP contribution in [0, 0.1) is 0 Å². The molecule has 2 heterocycles. The number of hydrogen-bond acceptors (Lipinski definition) is 4. The van der Waals surface area contributed by atoms with Crippen LogP contribution in [0.15, 0.2) is 88.5 Å². The van der Waals surface area contributed by atoms with E-state index in [0.717, 1.165) is 45.9 Å². The molecule has 0 radical (unpaired) electrons. The lowest BCUT2D eigenvalue weighted by Gasteiger charge is -2.15. The molecule has 0 unspecified atom stereocenters. The zero-order valence-corrected chi connectivity index (χ0v) is 25.0. The quantitative estimate of drug-likeness (QED) is 0.205. The Bertz CT molecular complexity index is 1940. The van der Waals surface area contributed by atoms with Gasteiger partial charge in [-0.1, -0.05) is 84.0 Å². The van der Waals surface area contributed by atoms with Gasteiger partial charge >= 0.3 is 0 Å². The van der Waals surface area contributed by atoms with Gasteiger partial charge in [-0.15, -0.1) is 22.7 Å². The molecule has 0 saturated heterocycles. The molecule has 39 heavy (non-hydrogen) atoms. The lowest BCUT2D eigenvalue weighted by atomic mass is 9.93. The van der Waals surface area contributed by atoms with Gasteiger partial charge in [-0.2, -0.15) is 0 Å². The summed E-state index contributed by atoms with van der Waals surface area (Å²) in [5, 5.41) is 3.46. The normalized spacial score (nSPS) is 11.7. The summed E-state index contributed by atoms with van der Waals surface area (Å²) < 4.78 is 4.38. The van der Waals surface area contributed by atoms with E-state index in [4.69, 9.17) is 0 Å². The van der Waals surface area contributed by atoms with Crippen LogP contribution in [0.1, 0.15) is 76.0 Å². The van der Waals surface area contributed by atoms with Crippen LogP contribution in [0.4, 0.5) is 0 Å². The Hall–Kier alpha value is -3.34. The van der Waals surface area contributed by atoms with Crippen molar-refractivity contribution in [3.8, 4) is 0 Å². The first-order valence-electron chi connectivity index (χ1n) is 13.6. The zero-order valence-electron chi connectivity index (χ0n) is 23.4. The number of rotatable bonds is 3. The summed E-state index contributed by atoms with van der Waals surface area (Å²) in [6, 6.07) is 26.3. The average Bonchev–Trinajstić information content (AvgIpc) is 2.92. The van der Waals surface area contributed by atoms with Gasteiger partial charge in [0.25, 0.3) is 0 Å². The molecule has 0 spiro atoms. The predicted molar refractivity (Wildman–Crippen MR) is 173 cm³/mol. The monoisotopic (exact) mass is 550 g/mol. The van der Waals surface area contributed by atoms with Gasteiger partial charge in [0.1, 0.15) is 0 Å². The van der Waals surface area contributed by atoms with Crippen LogP contribution >= 0.6 is 22.7 Å². The van der Waals surface area contributed by atoms with Crippen LogP contribution in [0.25, 0.3) is 40.3 Å². The molecule has 0 fully saturated rings. The van der Waals surface area contributed by atoms with Gasteiger partial charge in [0.05, 0.1) is 0 Å². The first-order chi connectivity index (χ1) is 18.7. The van der Waals surface area contributed by atoms with Crippen LogP contribution in [-0.4, -0.2) is 0 Å². The number of hydrogen-bond donors (Lipinski definition) is 0. The third-order valence-corrected chi connectivity index (χ3v) is 9.65. The van der Waals surface area contributed by atoms with E-state index < -0.39 is 0 Å². The number of benzene rings is 4. The van der Waals surface area contributed by atoms with E-state index >= 15 is 0 Å². The molecule has 4 heteroatoms. The molecule has 198 valence electrons. The van der Waals surface area contributed by atoms with Crippen molar-refractivity contribution in [2.75, 3.05) is 0 Å². The lowest BCUT2D eigenvalue weighted by Crippen LogP contribution is -2.05. The van der Waals surface area contributed by atoms with Crippen molar-refractivity contribution in [2.45, 2.75) is 59.3 Å². The van der Waals surface area contributed by atoms with E-state index in [9.17, 15) is 9.59 Å².